The molecule has 0 bridgehead atoms. The average molecular weight is 386 g/mol. The fourth-order valence-electron chi connectivity index (χ4n) is 2.49. The van der Waals surface area contributed by atoms with Gasteiger partial charge in [0.15, 0.2) is 5.76 Å². The molecular weight excluding hydrogens is 370 g/mol. The highest BCUT2D eigenvalue weighted by Crippen LogP contribution is 2.33. The van der Waals surface area contributed by atoms with Crippen LogP contribution in [-0.4, -0.2) is 19.4 Å². The summed E-state index contributed by atoms with van der Waals surface area (Å²) in [6.07, 6.45) is 1.74. The number of anilines is 1. The lowest BCUT2D eigenvalue weighted by Crippen LogP contribution is -2.06. The number of furan rings is 1. The largest absolute Gasteiger partial charge is 0.496 e. The summed E-state index contributed by atoms with van der Waals surface area (Å²) in [7, 11) is 1.58. The topological polar surface area (TPSA) is 51.5 Å². The molecular formula is C19H16BrNO3. The molecule has 0 spiro atoms. The summed E-state index contributed by atoms with van der Waals surface area (Å²) in [6, 6.07) is 12.7. The molecule has 5 heteroatoms. The summed E-state index contributed by atoms with van der Waals surface area (Å²) in [5, 5.41) is 4.08. The second kappa shape index (κ2) is 6.93. The molecule has 0 radical (unpaired) electrons. The summed E-state index contributed by atoms with van der Waals surface area (Å²) in [5.74, 6) is 0.761. The lowest BCUT2D eigenvalue weighted by atomic mass is 10.1. The van der Waals surface area contributed by atoms with E-state index in [0.717, 1.165) is 5.39 Å². The quantitative estimate of drug-likeness (QED) is 0.477. The minimum atomic E-state index is -0.193. The maximum Gasteiger partial charge on any atom is 0.230 e. The Balaban J connectivity index is 2.08. The predicted octanol–water partition coefficient (Wildman–Crippen LogP) is 5.03. The van der Waals surface area contributed by atoms with E-state index >= 15 is 0 Å². The molecule has 0 unspecified atom stereocenters. The first-order chi connectivity index (χ1) is 11.7. The molecule has 1 heterocycles. The summed E-state index contributed by atoms with van der Waals surface area (Å²) in [4.78, 5) is 12.9. The zero-order chi connectivity index (χ0) is 17.1. The first-order valence-electron chi connectivity index (χ1n) is 7.40. The first-order valence-corrected chi connectivity index (χ1v) is 8.19. The van der Waals surface area contributed by atoms with Crippen molar-refractivity contribution in [3.05, 3.63) is 70.9 Å². The van der Waals surface area contributed by atoms with Crippen LogP contribution in [0.3, 0.4) is 0 Å². The molecule has 1 N–H and O–H groups in total. The number of halogens is 1. The number of hydrogen-bond donors (Lipinski definition) is 1. The molecule has 3 aromatic rings. The summed E-state index contributed by atoms with van der Waals surface area (Å²) < 4.78 is 11.7. The predicted molar refractivity (Wildman–Crippen MR) is 99.0 cm³/mol. The van der Waals surface area contributed by atoms with E-state index in [4.69, 9.17) is 9.15 Å². The number of hydrogen-bond acceptors (Lipinski definition) is 4. The van der Waals surface area contributed by atoms with Gasteiger partial charge < -0.3 is 14.5 Å². The number of benzene rings is 2. The van der Waals surface area contributed by atoms with Gasteiger partial charge in [-0.25, -0.2) is 0 Å². The molecule has 24 heavy (non-hydrogen) atoms. The molecule has 3 rings (SSSR count). The standard InChI is InChI=1S/C19H16BrNO3/c1-3-10-21-17-13-6-4-5-7-15(13)24-19(17)18(22)12-8-9-16(23-2)14(20)11-12/h3-9,11,21H,1,10H2,2H3. The number of rotatable bonds is 6. The highest BCUT2D eigenvalue weighted by Gasteiger charge is 2.22. The number of fused-ring (bicyclic) bond motifs is 1. The molecule has 0 aliphatic rings. The van der Waals surface area contributed by atoms with Crippen LogP contribution < -0.4 is 10.1 Å². The number of carbonyl (C=O) groups is 1. The van der Waals surface area contributed by atoms with Crippen LogP contribution >= 0.6 is 15.9 Å². The maximum absolute atomic E-state index is 12.9. The smallest absolute Gasteiger partial charge is 0.230 e. The number of ether oxygens (including phenoxy) is 1. The Morgan fingerprint density at radius 1 is 1.33 bits per heavy atom. The monoisotopic (exact) mass is 385 g/mol. The van der Waals surface area contributed by atoms with Crippen molar-refractivity contribution in [2.24, 2.45) is 0 Å². The highest BCUT2D eigenvalue weighted by atomic mass is 79.9. The molecule has 4 nitrogen and oxygen atoms in total. The van der Waals surface area contributed by atoms with Crippen molar-refractivity contribution in [2.45, 2.75) is 0 Å². The molecule has 0 fully saturated rings. The second-order valence-electron chi connectivity index (χ2n) is 5.15. The Kier molecular flexibility index (Phi) is 4.71. The van der Waals surface area contributed by atoms with Crippen LogP contribution in [0.1, 0.15) is 16.1 Å². The van der Waals surface area contributed by atoms with Crippen molar-refractivity contribution < 1.29 is 13.9 Å². The molecule has 0 aliphatic carbocycles. The number of para-hydroxylation sites is 1. The van der Waals surface area contributed by atoms with Crippen LogP contribution in [0.5, 0.6) is 5.75 Å². The van der Waals surface area contributed by atoms with E-state index in [1.807, 2.05) is 24.3 Å². The number of carbonyl (C=O) groups excluding carboxylic acids is 1. The van der Waals surface area contributed by atoms with E-state index < -0.39 is 0 Å². The second-order valence-corrected chi connectivity index (χ2v) is 6.00. The van der Waals surface area contributed by atoms with E-state index in [0.29, 0.717) is 33.6 Å². The Hall–Kier alpha value is -2.53. The molecule has 0 amide bonds. The van der Waals surface area contributed by atoms with Gasteiger partial charge in [-0.05, 0) is 46.3 Å². The van der Waals surface area contributed by atoms with Crippen LogP contribution in [0.2, 0.25) is 0 Å². The SMILES string of the molecule is C=CCNc1c(C(=O)c2ccc(OC)c(Br)c2)oc2ccccc12. The van der Waals surface area contributed by atoms with Crippen molar-refractivity contribution >= 4 is 38.4 Å². The fourth-order valence-corrected chi connectivity index (χ4v) is 3.03. The highest BCUT2D eigenvalue weighted by molar-refractivity contribution is 9.10. The Morgan fingerprint density at radius 2 is 2.12 bits per heavy atom. The van der Waals surface area contributed by atoms with Gasteiger partial charge in [0.1, 0.15) is 11.3 Å². The molecule has 1 aromatic heterocycles. The van der Waals surface area contributed by atoms with Gasteiger partial charge in [0.05, 0.1) is 17.3 Å². The van der Waals surface area contributed by atoms with Gasteiger partial charge >= 0.3 is 0 Å². The molecule has 2 aromatic carbocycles. The summed E-state index contributed by atoms with van der Waals surface area (Å²) >= 11 is 3.41. The summed E-state index contributed by atoms with van der Waals surface area (Å²) in [6.45, 7) is 4.24. The number of ketones is 1. The third-order valence-electron chi connectivity index (χ3n) is 3.64. The maximum atomic E-state index is 12.9. The van der Waals surface area contributed by atoms with Gasteiger partial charge in [-0.2, -0.15) is 0 Å². The zero-order valence-corrected chi connectivity index (χ0v) is 14.7. The van der Waals surface area contributed by atoms with E-state index in [2.05, 4.69) is 27.8 Å². The third kappa shape index (κ3) is 2.95. The van der Waals surface area contributed by atoms with E-state index in [9.17, 15) is 4.79 Å². The number of methoxy groups -OCH3 is 1. The first kappa shape index (κ1) is 16.3. The molecule has 122 valence electrons. The normalized spacial score (nSPS) is 10.6. The van der Waals surface area contributed by atoms with Gasteiger partial charge in [0.25, 0.3) is 0 Å². The van der Waals surface area contributed by atoms with Crippen molar-refractivity contribution in [3.8, 4) is 5.75 Å². The van der Waals surface area contributed by atoms with Gasteiger partial charge in [-0.1, -0.05) is 18.2 Å². The Bertz CT molecular complexity index is 914. The molecule has 0 atom stereocenters. The number of nitrogens with one attached hydrogen (secondary N) is 1. The zero-order valence-electron chi connectivity index (χ0n) is 13.1. The van der Waals surface area contributed by atoms with Crippen LogP contribution in [0.4, 0.5) is 5.69 Å². The minimum absolute atomic E-state index is 0.193. The summed E-state index contributed by atoms with van der Waals surface area (Å²) in [5.41, 5.74) is 1.87. The fraction of sp³-hybridized carbons (Fsp3) is 0.105. The third-order valence-corrected chi connectivity index (χ3v) is 4.26. The van der Waals surface area contributed by atoms with Crippen LogP contribution in [0.25, 0.3) is 11.0 Å². The van der Waals surface area contributed by atoms with Gasteiger partial charge in [0, 0.05) is 17.5 Å². The molecule has 0 saturated carbocycles. The lowest BCUT2D eigenvalue weighted by molar-refractivity contribution is 0.101. The van der Waals surface area contributed by atoms with Gasteiger partial charge in [0.2, 0.25) is 5.78 Å². The van der Waals surface area contributed by atoms with Crippen LogP contribution in [0, 0.1) is 0 Å². The van der Waals surface area contributed by atoms with Crippen molar-refractivity contribution in [3.63, 3.8) is 0 Å². The van der Waals surface area contributed by atoms with Gasteiger partial charge in [-0.15, -0.1) is 6.58 Å². The molecule has 0 saturated heterocycles. The molecule has 0 aliphatic heterocycles. The van der Waals surface area contributed by atoms with Crippen LogP contribution in [0.15, 0.2) is 64.0 Å². The van der Waals surface area contributed by atoms with E-state index in [1.54, 1.807) is 31.4 Å². The van der Waals surface area contributed by atoms with Gasteiger partial charge in [-0.3, -0.25) is 4.79 Å². The van der Waals surface area contributed by atoms with E-state index in [1.165, 1.54) is 0 Å². The van der Waals surface area contributed by atoms with Crippen LogP contribution in [-0.2, 0) is 0 Å². The lowest BCUT2D eigenvalue weighted by Gasteiger charge is -2.07. The minimum Gasteiger partial charge on any atom is -0.496 e. The average Bonchev–Trinajstić information content (AvgIpc) is 2.97. The Morgan fingerprint density at radius 3 is 2.83 bits per heavy atom. The van der Waals surface area contributed by atoms with Crippen molar-refractivity contribution in [2.75, 3.05) is 19.0 Å². The van der Waals surface area contributed by atoms with Crippen molar-refractivity contribution in [1.29, 1.82) is 0 Å². The van der Waals surface area contributed by atoms with E-state index in [-0.39, 0.29) is 11.5 Å². The Labute approximate surface area is 148 Å². The van der Waals surface area contributed by atoms with Crippen molar-refractivity contribution in [1.82, 2.24) is 0 Å².